The van der Waals surface area contributed by atoms with E-state index in [0.29, 0.717) is 16.9 Å². The minimum absolute atomic E-state index is 0.326. The molecule has 1 heterocycles. The summed E-state index contributed by atoms with van der Waals surface area (Å²) in [5.41, 5.74) is 9.09. The highest BCUT2D eigenvalue weighted by Gasteiger charge is 2.56. The summed E-state index contributed by atoms with van der Waals surface area (Å²) in [4.78, 5) is 0. The smallest absolute Gasteiger partial charge is 0.126 e. The quantitative estimate of drug-likeness (QED) is 0.429. The van der Waals surface area contributed by atoms with Crippen molar-refractivity contribution < 1.29 is 9.47 Å². The zero-order valence-corrected chi connectivity index (χ0v) is 21.8. The normalized spacial score (nSPS) is 47.4. The van der Waals surface area contributed by atoms with E-state index in [-0.39, 0.29) is 0 Å². The third-order valence-electron chi connectivity index (χ3n) is 12.2. The fraction of sp³-hybridized carbons (Fsp3) is 0.812. The molecule has 0 amide bonds. The minimum atomic E-state index is 0.326. The van der Waals surface area contributed by atoms with Crippen LogP contribution in [0.5, 0.6) is 5.75 Å². The van der Waals surface area contributed by atoms with Gasteiger partial charge in [-0.1, -0.05) is 0 Å². The van der Waals surface area contributed by atoms with E-state index in [1.807, 2.05) is 5.56 Å². The van der Waals surface area contributed by atoms with E-state index < -0.39 is 0 Å². The van der Waals surface area contributed by atoms with Crippen molar-refractivity contribution in [2.24, 2.45) is 35.5 Å². The van der Waals surface area contributed by atoms with Crippen molar-refractivity contribution in [3.05, 3.63) is 27.8 Å². The Labute approximate surface area is 206 Å². The third-order valence-corrected chi connectivity index (χ3v) is 12.2. The van der Waals surface area contributed by atoms with Crippen LogP contribution in [0, 0.1) is 56.3 Å². The van der Waals surface area contributed by atoms with Gasteiger partial charge in [-0.05, 0) is 161 Å². The average Bonchev–Trinajstić information content (AvgIpc) is 3.57. The van der Waals surface area contributed by atoms with E-state index >= 15 is 0 Å². The maximum absolute atomic E-state index is 6.79. The van der Waals surface area contributed by atoms with Gasteiger partial charge in [-0.15, -0.1) is 0 Å². The van der Waals surface area contributed by atoms with Crippen molar-refractivity contribution in [3.63, 3.8) is 0 Å². The molecule has 2 nitrogen and oxygen atoms in total. The van der Waals surface area contributed by atoms with E-state index in [9.17, 15) is 0 Å². The first-order valence-corrected chi connectivity index (χ1v) is 14.8. The number of ether oxygens (including phenoxy) is 2. The lowest BCUT2D eigenvalue weighted by Crippen LogP contribution is -2.51. The molecule has 8 aliphatic carbocycles. The van der Waals surface area contributed by atoms with Gasteiger partial charge in [-0.25, -0.2) is 0 Å². The van der Waals surface area contributed by atoms with Gasteiger partial charge in [0.25, 0.3) is 0 Å². The third kappa shape index (κ3) is 2.96. The number of rotatable bonds is 5. The first-order chi connectivity index (χ1) is 16.4. The molecule has 0 spiro atoms. The Morgan fingerprint density at radius 2 is 1.03 bits per heavy atom. The van der Waals surface area contributed by atoms with Crippen molar-refractivity contribution in [2.75, 3.05) is 13.2 Å². The number of benzene rings is 1. The zero-order valence-electron chi connectivity index (χ0n) is 21.8. The molecule has 2 heteroatoms. The van der Waals surface area contributed by atoms with Crippen LogP contribution in [-0.4, -0.2) is 19.3 Å². The van der Waals surface area contributed by atoms with Crippen molar-refractivity contribution >= 4 is 0 Å². The molecule has 1 saturated heterocycles. The predicted octanol–water partition coefficient (Wildman–Crippen LogP) is 7.33. The van der Waals surface area contributed by atoms with Gasteiger partial charge in [0, 0.05) is 11.0 Å². The lowest BCUT2D eigenvalue weighted by Gasteiger charge is -2.60. The van der Waals surface area contributed by atoms with Crippen molar-refractivity contribution in [3.8, 4) is 5.75 Å². The molecule has 0 aromatic heterocycles. The van der Waals surface area contributed by atoms with E-state index in [2.05, 4.69) is 20.8 Å². The Bertz CT molecular complexity index is 960. The van der Waals surface area contributed by atoms with Gasteiger partial charge in [0.05, 0.1) is 6.61 Å². The molecule has 1 aliphatic heterocycles. The first-order valence-electron chi connectivity index (χ1n) is 14.8. The topological polar surface area (TPSA) is 21.8 Å². The van der Waals surface area contributed by atoms with Gasteiger partial charge in [-0.3, -0.25) is 0 Å². The second kappa shape index (κ2) is 7.05. The Kier molecular flexibility index (Phi) is 4.38. The first kappa shape index (κ1) is 21.1. The van der Waals surface area contributed by atoms with Crippen LogP contribution in [0.25, 0.3) is 0 Å². The molecule has 184 valence electrons. The summed E-state index contributed by atoms with van der Waals surface area (Å²) < 4.78 is 12.4. The van der Waals surface area contributed by atoms with Gasteiger partial charge in [0.15, 0.2) is 0 Å². The van der Waals surface area contributed by atoms with E-state index in [1.165, 1.54) is 88.4 Å². The fourth-order valence-electron chi connectivity index (χ4n) is 11.9. The van der Waals surface area contributed by atoms with Crippen LogP contribution in [0.15, 0.2) is 0 Å². The molecule has 1 aromatic rings. The molecule has 8 saturated carbocycles. The lowest BCUT2D eigenvalue weighted by molar-refractivity contribution is -0.0100. The van der Waals surface area contributed by atoms with Gasteiger partial charge >= 0.3 is 0 Å². The maximum Gasteiger partial charge on any atom is 0.126 e. The number of epoxide rings is 1. The highest BCUT2D eigenvalue weighted by molar-refractivity contribution is 5.60. The maximum atomic E-state index is 6.79. The molecule has 34 heavy (non-hydrogen) atoms. The van der Waals surface area contributed by atoms with Crippen LogP contribution in [0.4, 0.5) is 0 Å². The van der Waals surface area contributed by atoms with Crippen LogP contribution in [0.1, 0.15) is 105 Å². The van der Waals surface area contributed by atoms with Crippen molar-refractivity contribution in [2.45, 2.75) is 115 Å². The summed E-state index contributed by atoms with van der Waals surface area (Å²) in [6, 6.07) is 0. The largest absolute Gasteiger partial charge is 0.490 e. The van der Waals surface area contributed by atoms with Crippen molar-refractivity contribution in [1.29, 1.82) is 0 Å². The molecule has 9 aliphatic rings. The Hall–Kier alpha value is -1.02. The number of hydrogen-bond donors (Lipinski definition) is 0. The molecule has 0 N–H and O–H groups in total. The number of hydrogen-bond acceptors (Lipinski definition) is 2. The molecule has 1 unspecified atom stereocenters. The van der Waals surface area contributed by atoms with Crippen LogP contribution < -0.4 is 4.74 Å². The fourth-order valence-corrected chi connectivity index (χ4v) is 11.9. The SMILES string of the molecule is Cc1c(C)c(C23CC4CC(CC(C4)C2)C3)c(C)c(C23CC4CC(CC(C4)C2)C3)c1OCC1CO1. The summed E-state index contributed by atoms with van der Waals surface area (Å²) >= 11 is 0. The van der Waals surface area contributed by atoms with Crippen LogP contribution in [-0.2, 0) is 15.6 Å². The minimum Gasteiger partial charge on any atom is -0.490 e. The molecule has 9 fully saturated rings. The summed E-state index contributed by atoms with van der Waals surface area (Å²) in [6.07, 6.45) is 18.1. The summed E-state index contributed by atoms with van der Waals surface area (Å²) in [7, 11) is 0. The zero-order chi connectivity index (χ0) is 22.8. The predicted molar refractivity (Wildman–Crippen MR) is 136 cm³/mol. The van der Waals surface area contributed by atoms with E-state index in [1.54, 1.807) is 16.7 Å². The molecule has 0 radical (unpaired) electrons. The second-order valence-corrected chi connectivity index (χ2v) is 14.6. The van der Waals surface area contributed by atoms with Crippen LogP contribution in [0.2, 0.25) is 0 Å². The van der Waals surface area contributed by atoms with Gasteiger partial charge < -0.3 is 9.47 Å². The van der Waals surface area contributed by atoms with E-state index in [4.69, 9.17) is 9.47 Å². The molecule has 1 atom stereocenters. The highest BCUT2D eigenvalue weighted by atomic mass is 16.6. The van der Waals surface area contributed by atoms with Crippen LogP contribution >= 0.6 is 0 Å². The Morgan fingerprint density at radius 1 is 0.618 bits per heavy atom. The van der Waals surface area contributed by atoms with Gasteiger partial charge in [0.1, 0.15) is 18.5 Å². The molecular weight excluding hydrogens is 416 g/mol. The Balaban J connectivity index is 1.31. The molecule has 10 rings (SSSR count). The summed E-state index contributed by atoms with van der Waals surface area (Å²) in [5.74, 6) is 7.18. The van der Waals surface area contributed by atoms with Gasteiger partial charge in [-0.2, -0.15) is 0 Å². The molecule has 1 aromatic carbocycles. The second-order valence-electron chi connectivity index (χ2n) is 14.6. The standard InChI is InChI=1S/C32H44O2/c1-18-19(2)30(34-17-27-16-33-27)29(32-13-24-7-25(14-32)9-26(8-24)15-32)20(3)28(18)31-10-21-4-22(11-31)6-23(5-21)12-31/h21-27H,4-17H2,1-3H3. The summed E-state index contributed by atoms with van der Waals surface area (Å²) in [6.45, 7) is 9.05. The molecule has 8 bridgehead atoms. The van der Waals surface area contributed by atoms with E-state index in [0.717, 1.165) is 48.7 Å². The highest BCUT2D eigenvalue weighted by Crippen LogP contribution is 2.66. The average molecular weight is 461 g/mol. The summed E-state index contributed by atoms with van der Waals surface area (Å²) in [5, 5.41) is 0. The molecular formula is C32H44O2. The Morgan fingerprint density at radius 3 is 1.44 bits per heavy atom. The lowest BCUT2D eigenvalue weighted by atomic mass is 9.45. The van der Waals surface area contributed by atoms with Crippen molar-refractivity contribution in [1.82, 2.24) is 0 Å². The monoisotopic (exact) mass is 460 g/mol. The van der Waals surface area contributed by atoms with Crippen LogP contribution in [0.3, 0.4) is 0 Å². The van der Waals surface area contributed by atoms with Gasteiger partial charge in [0.2, 0.25) is 0 Å².